The molecular weight excluding hydrogens is 300 g/mol. The van der Waals surface area contributed by atoms with Crippen LogP contribution in [0.25, 0.3) is 11.1 Å². The predicted molar refractivity (Wildman–Crippen MR) is 95.4 cm³/mol. The quantitative estimate of drug-likeness (QED) is 0.779. The molecule has 0 saturated heterocycles. The molecule has 0 fully saturated rings. The van der Waals surface area contributed by atoms with Gasteiger partial charge in [0.05, 0.1) is 7.11 Å². The second-order valence-electron chi connectivity index (χ2n) is 5.45. The van der Waals surface area contributed by atoms with Crippen LogP contribution in [0.2, 0.25) is 0 Å². The Balaban J connectivity index is 1.72. The molecule has 3 aromatic rings. The maximum atomic E-state index is 12.3. The standard InChI is InChI=1S/C20H18N2O2/c1-14-13-17(11-12-21-14)15-3-7-18(8-4-15)22-20(23)16-5-9-19(24-2)10-6-16/h3-13H,1-2H3,(H,22,23). The number of carbonyl (C=O) groups excluding carboxylic acids is 1. The Hall–Kier alpha value is -3.14. The van der Waals surface area contributed by atoms with Gasteiger partial charge in [0.25, 0.3) is 5.91 Å². The van der Waals surface area contributed by atoms with E-state index >= 15 is 0 Å². The minimum Gasteiger partial charge on any atom is -0.497 e. The first-order valence-corrected chi connectivity index (χ1v) is 7.64. The number of amides is 1. The van der Waals surface area contributed by atoms with Crippen LogP contribution in [0.4, 0.5) is 5.69 Å². The van der Waals surface area contributed by atoms with Crippen molar-refractivity contribution in [1.29, 1.82) is 0 Å². The Kier molecular flexibility index (Phi) is 4.57. The van der Waals surface area contributed by atoms with Crippen LogP contribution in [0, 0.1) is 6.92 Å². The number of hydrogen-bond donors (Lipinski definition) is 1. The molecule has 4 nitrogen and oxygen atoms in total. The lowest BCUT2D eigenvalue weighted by Gasteiger charge is -2.08. The minimum atomic E-state index is -0.148. The third-order valence-corrected chi connectivity index (χ3v) is 3.72. The van der Waals surface area contributed by atoms with Crippen LogP contribution in [-0.2, 0) is 0 Å². The van der Waals surface area contributed by atoms with Gasteiger partial charge in [-0.15, -0.1) is 0 Å². The van der Waals surface area contributed by atoms with Gasteiger partial charge in [0.15, 0.2) is 0 Å². The van der Waals surface area contributed by atoms with Crippen molar-refractivity contribution in [2.75, 3.05) is 12.4 Å². The molecule has 1 N–H and O–H groups in total. The van der Waals surface area contributed by atoms with Crippen LogP contribution in [-0.4, -0.2) is 18.0 Å². The van der Waals surface area contributed by atoms with Crippen molar-refractivity contribution < 1.29 is 9.53 Å². The van der Waals surface area contributed by atoms with Gasteiger partial charge in [-0.2, -0.15) is 0 Å². The van der Waals surface area contributed by atoms with Crippen molar-refractivity contribution in [2.45, 2.75) is 6.92 Å². The van der Waals surface area contributed by atoms with E-state index in [1.54, 1.807) is 37.6 Å². The van der Waals surface area contributed by atoms with Crippen LogP contribution in [0.5, 0.6) is 5.75 Å². The minimum absolute atomic E-state index is 0.148. The van der Waals surface area contributed by atoms with Crippen molar-refractivity contribution in [2.24, 2.45) is 0 Å². The number of hydrogen-bond acceptors (Lipinski definition) is 3. The SMILES string of the molecule is COc1ccc(C(=O)Nc2ccc(-c3ccnc(C)c3)cc2)cc1. The summed E-state index contributed by atoms with van der Waals surface area (Å²) in [6, 6.07) is 18.8. The number of nitrogens with one attached hydrogen (secondary N) is 1. The molecule has 0 atom stereocenters. The molecule has 0 aliphatic rings. The van der Waals surface area contributed by atoms with E-state index in [1.807, 2.05) is 43.3 Å². The molecule has 0 aliphatic heterocycles. The van der Waals surface area contributed by atoms with E-state index in [4.69, 9.17) is 4.74 Å². The van der Waals surface area contributed by atoms with E-state index in [2.05, 4.69) is 10.3 Å². The number of anilines is 1. The summed E-state index contributed by atoms with van der Waals surface area (Å²) in [4.78, 5) is 16.5. The fourth-order valence-corrected chi connectivity index (χ4v) is 2.42. The number of aromatic nitrogens is 1. The molecule has 1 heterocycles. The van der Waals surface area contributed by atoms with Gasteiger partial charge in [0.1, 0.15) is 5.75 Å². The Morgan fingerprint density at radius 3 is 2.29 bits per heavy atom. The van der Waals surface area contributed by atoms with Crippen molar-refractivity contribution >= 4 is 11.6 Å². The summed E-state index contributed by atoms with van der Waals surface area (Å²) in [5.41, 5.74) is 4.51. The fraction of sp³-hybridized carbons (Fsp3) is 0.100. The van der Waals surface area contributed by atoms with Gasteiger partial charge in [-0.25, -0.2) is 0 Å². The van der Waals surface area contributed by atoms with E-state index in [0.717, 1.165) is 28.3 Å². The van der Waals surface area contributed by atoms with Gasteiger partial charge < -0.3 is 10.1 Å². The molecule has 0 radical (unpaired) electrons. The van der Waals surface area contributed by atoms with E-state index in [9.17, 15) is 4.79 Å². The third-order valence-electron chi connectivity index (χ3n) is 3.72. The molecule has 24 heavy (non-hydrogen) atoms. The maximum absolute atomic E-state index is 12.3. The number of carbonyl (C=O) groups is 1. The van der Waals surface area contributed by atoms with Crippen molar-refractivity contribution in [3.05, 3.63) is 78.1 Å². The highest BCUT2D eigenvalue weighted by atomic mass is 16.5. The molecule has 2 aromatic carbocycles. The van der Waals surface area contributed by atoms with Crippen LogP contribution in [0.1, 0.15) is 16.1 Å². The predicted octanol–water partition coefficient (Wildman–Crippen LogP) is 4.32. The van der Waals surface area contributed by atoms with Crippen LogP contribution in [0.15, 0.2) is 66.9 Å². The van der Waals surface area contributed by atoms with Gasteiger partial charge in [0.2, 0.25) is 0 Å². The Labute approximate surface area is 141 Å². The van der Waals surface area contributed by atoms with Crippen LogP contribution in [0.3, 0.4) is 0 Å². The van der Waals surface area contributed by atoms with Gasteiger partial charge in [-0.3, -0.25) is 9.78 Å². The normalized spacial score (nSPS) is 10.2. The molecule has 120 valence electrons. The smallest absolute Gasteiger partial charge is 0.255 e. The average Bonchev–Trinajstić information content (AvgIpc) is 2.62. The monoisotopic (exact) mass is 318 g/mol. The van der Waals surface area contributed by atoms with E-state index in [1.165, 1.54) is 0 Å². The molecule has 0 saturated carbocycles. The number of benzene rings is 2. The molecule has 0 bridgehead atoms. The molecule has 0 unspecified atom stereocenters. The van der Waals surface area contributed by atoms with Crippen LogP contribution < -0.4 is 10.1 Å². The number of methoxy groups -OCH3 is 1. The number of aryl methyl sites for hydroxylation is 1. The summed E-state index contributed by atoms with van der Waals surface area (Å²) in [7, 11) is 1.60. The molecule has 3 rings (SSSR count). The van der Waals surface area contributed by atoms with Crippen molar-refractivity contribution in [3.8, 4) is 16.9 Å². The first-order chi connectivity index (χ1) is 11.7. The summed E-state index contributed by atoms with van der Waals surface area (Å²) in [6.45, 7) is 1.97. The largest absolute Gasteiger partial charge is 0.497 e. The second-order valence-corrected chi connectivity index (χ2v) is 5.45. The highest BCUT2D eigenvalue weighted by Gasteiger charge is 2.06. The molecule has 0 spiro atoms. The Morgan fingerprint density at radius 2 is 1.67 bits per heavy atom. The molecule has 1 amide bonds. The zero-order valence-corrected chi connectivity index (χ0v) is 13.6. The summed E-state index contributed by atoms with van der Waals surface area (Å²) >= 11 is 0. The zero-order chi connectivity index (χ0) is 16.9. The maximum Gasteiger partial charge on any atom is 0.255 e. The lowest BCUT2D eigenvalue weighted by atomic mass is 10.1. The fourth-order valence-electron chi connectivity index (χ4n) is 2.42. The number of rotatable bonds is 4. The third kappa shape index (κ3) is 3.60. The topological polar surface area (TPSA) is 51.2 Å². The summed E-state index contributed by atoms with van der Waals surface area (Å²) in [5.74, 6) is 0.578. The van der Waals surface area contributed by atoms with E-state index in [0.29, 0.717) is 5.56 Å². The lowest BCUT2D eigenvalue weighted by Crippen LogP contribution is -2.11. The molecule has 1 aromatic heterocycles. The van der Waals surface area contributed by atoms with Crippen LogP contribution >= 0.6 is 0 Å². The van der Waals surface area contributed by atoms with Gasteiger partial charge in [-0.05, 0) is 66.6 Å². The number of pyridine rings is 1. The molecule has 0 aliphatic carbocycles. The molecular formula is C20H18N2O2. The van der Waals surface area contributed by atoms with Crippen molar-refractivity contribution in [3.63, 3.8) is 0 Å². The Morgan fingerprint density at radius 1 is 0.958 bits per heavy atom. The van der Waals surface area contributed by atoms with Gasteiger partial charge in [-0.1, -0.05) is 12.1 Å². The highest BCUT2D eigenvalue weighted by Crippen LogP contribution is 2.22. The van der Waals surface area contributed by atoms with E-state index < -0.39 is 0 Å². The number of nitrogens with zero attached hydrogens (tertiary/aromatic N) is 1. The highest BCUT2D eigenvalue weighted by molar-refractivity contribution is 6.04. The van der Waals surface area contributed by atoms with E-state index in [-0.39, 0.29) is 5.91 Å². The average molecular weight is 318 g/mol. The zero-order valence-electron chi connectivity index (χ0n) is 13.6. The Bertz CT molecular complexity index is 840. The summed E-state index contributed by atoms with van der Waals surface area (Å²) in [5, 5.41) is 2.89. The van der Waals surface area contributed by atoms with Gasteiger partial charge in [0, 0.05) is 23.1 Å². The van der Waals surface area contributed by atoms with Crippen molar-refractivity contribution in [1.82, 2.24) is 4.98 Å². The molecule has 4 heteroatoms. The summed E-state index contributed by atoms with van der Waals surface area (Å²) < 4.78 is 5.09. The number of ether oxygens (including phenoxy) is 1. The first kappa shape index (κ1) is 15.7. The lowest BCUT2D eigenvalue weighted by molar-refractivity contribution is 0.102. The second kappa shape index (κ2) is 6.96. The summed E-state index contributed by atoms with van der Waals surface area (Å²) in [6.07, 6.45) is 1.80. The first-order valence-electron chi connectivity index (χ1n) is 7.64. The van der Waals surface area contributed by atoms with Gasteiger partial charge >= 0.3 is 0 Å².